The predicted molar refractivity (Wildman–Crippen MR) is 68.4 cm³/mol. The van der Waals surface area contributed by atoms with Crippen LogP contribution in [0.15, 0.2) is 0 Å². The zero-order valence-corrected chi connectivity index (χ0v) is 12.7. The summed E-state index contributed by atoms with van der Waals surface area (Å²) in [5.41, 5.74) is 0. The lowest BCUT2D eigenvalue weighted by molar-refractivity contribution is -0.281. The van der Waals surface area contributed by atoms with Gasteiger partial charge in [-0.1, -0.05) is 0 Å². The molecule has 1 aliphatic rings. The van der Waals surface area contributed by atoms with Gasteiger partial charge in [0.2, 0.25) is 12.5 Å². The number of carbonyl (C=O) groups excluding carboxylic acids is 4. The Hall–Kier alpha value is -2.23. The Balaban J connectivity index is 3.04. The van der Waals surface area contributed by atoms with Gasteiger partial charge >= 0.3 is 17.9 Å². The average molecular weight is 336 g/mol. The van der Waals surface area contributed by atoms with E-state index in [1.807, 2.05) is 0 Å². The summed E-state index contributed by atoms with van der Waals surface area (Å²) in [4.78, 5) is 43.7. The van der Waals surface area contributed by atoms with Crippen LogP contribution in [0.25, 0.3) is 0 Å². The zero-order chi connectivity index (χ0) is 17.6. The number of carbonyl (C=O) groups is 4. The minimum atomic E-state index is -2.10. The third-order valence-electron chi connectivity index (χ3n) is 2.82. The molecule has 0 unspecified atom stereocenters. The fourth-order valence-corrected chi connectivity index (χ4v) is 2.03. The lowest BCUT2D eigenvalue weighted by Gasteiger charge is -2.41. The molecule has 5 atom stereocenters. The lowest BCUT2D eigenvalue weighted by Crippen LogP contribution is -2.60. The van der Waals surface area contributed by atoms with Gasteiger partial charge in [-0.15, -0.1) is 0 Å². The van der Waals surface area contributed by atoms with Crippen LogP contribution in [0.3, 0.4) is 0 Å². The Morgan fingerprint density at radius 2 is 1.61 bits per heavy atom. The molecule has 1 saturated heterocycles. The molecule has 0 aliphatic carbocycles. The van der Waals surface area contributed by atoms with E-state index in [4.69, 9.17) is 18.9 Å². The van der Waals surface area contributed by atoms with Crippen LogP contribution >= 0.6 is 0 Å². The molecule has 1 aliphatic heterocycles. The van der Waals surface area contributed by atoms with Crippen LogP contribution in [0.1, 0.15) is 20.8 Å². The Morgan fingerprint density at radius 1 is 1.04 bits per heavy atom. The van der Waals surface area contributed by atoms with Crippen molar-refractivity contribution in [2.45, 2.75) is 51.5 Å². The van der Waals surface area contributed by atoms with Crippen molar-refractivity contribution in [2.75, 3.05) is 6.61 Å². The summed E-state index contributed by atoms with van der Waals surface area (Å²) in [6.07, 6.45) is -7.96. The molecule has 0 amide bonds. The lowest BCUT2D eigenvalue weighted by atomic mass is 9.99. The molecular weight excluding hydrogens is 319 g/mol. The maximum Gasteiger partial charge on any atom is 0.303 e. The summed E-state index contributed by atoms with van der Waals surface area (Å²) in [5.74, 6) is -2.28. The van der Waals surface area contributed by atoms with Gasteiger partial charge in [-0.05, 0) is 0 Å². The minimum Gasteiger partial charge on any atom is -0.463 e. The largest absolute Gasteiger partial charge is 0.463 e. The summed E-state index contributed by atoms with van der Waals surface area (Å²) in [7, 11) is 0. The maximum absolute atomic E-state index is 14.3. The molecule has 0 N–H and O–H groups in total. The number of halogens is 1. The van der Waals surface area contributed by atoms with Crippen LogP contribution in [-0.4, -0.2) is 61.8 Å². The standard InChI is InChI=1S/C13H17FO9/c1-6(16)19-4-9-11(21-7(2)17)12(22-8(3)18)10(14)13(23-9)20-5-15/h5,9-13H,4H2,1-3H3/t9-,10-,11+,12-,13+/m1/s1. The fraction of sp³-hybridized carbons (Fsp3) is 0.692. The third-order valence-corrected chi connectivity index (χ3v) is 2.82. The van der Waals surface area contributed by atoms with Crippen LogP contribution in [0.4, 0.5) is 4.39 Å². The smallest absolute Gasteiger partial charge is 0.303 e. The van der Waals surface area contributed by atoms with Crippen molar-refractivity contribution in [3.8, 4) is 0 Å². The van der Waals surface area contributed by atoms with Gasteiger partial charge in [-0.25, -0.2) is 4.39 Å². The number of esters is 3. The van der Waals surface area contributed by atoms with Crippen molar-refractivity contribution in [2.24, 2.45) is 0 Å². The molecular formula is C13H17FO9. The molecule has 1 heterocycles. The van der Waals surface area contributed by atoms with Gasteiger partial charge in [0, 0.05) is 20.8 Å². The molecule has 130 valence electrons. The van der Waals surface area contributed by atoms with Crippen molar-refractivity contribution in [3.05, 3.63) is 0 Å². The summed E-state index contributed by atoms with van der Waals surface area (Å²) in [6.45, 7) is 2.76. The van der Waals surface area contributed by atoms with Gasteiger partial charge in [0.1, 0.15) is 12.7 Å². The summed E-state index contributed by atoms with van der Waals surface area (Å²) >= 11 is 0. The highest BCUT2D eigenvalue weighted by Gasteiger charge is 2.51. The first-order valence-corrected chi connectivity index (χ1v) is 6.62. The van der Waals surface area contributed by atoms with Crippen molar-refractivity contribution in [1.82, 2.24) is 0 Å². The van der Waals surface area contributed by atoms with E-state index in [-0.39, 0.29) is 6.47 Å². The van der Waals surface area contributed by atoms with E-state index >= 15 is 0 Å². The summed E-state index contributed by atoms with van der Waals surface area (Å²) < 4.78 is 38.4. The highest BCUT2D eigenvalue weighted by molar-refractivity contribution is 5.67. The van der Waals surface area contributed by atoms with E-state index in [1.54, 1.807) is 0 Å². The van der Waals surface area contributed by atoms with Crippen molar-refractivity contribution in [1.29, 1.82) is 0 Å². The summed E-state index contributed by atoms with van der Waals surface area (Å²) in [6, 6.07) is 0. The SMILES string of the molecule is CC(=O)OC[C@H]1O[C@H](OC=O)[C@H](F)[C@@H](OC(C)=O)[C@H]1OC(C)=O. The molecule has 9 nitrogen and oxygen atoms in total. The van der Waals surface area contributed by atoms with E-state index in [1.165, 1.54) is 0 Å². The van der Waals surface area contributed by atoms with E-state index in [0.29, 0.717) is 0 Å². The van der Waals surface area contributed by atoms with E-state index in [9.17, 15) is 23.6 Å². The molecule has 0 aromatic heterocycles. The Morgan fingerprint density at radius 3 is 2.09 bits per heavy atom. The van der Waals surface area contributed by atoms with Crippen molar-refractivity contribution in [3.63, 3.8) is 0 Å². The molecule has 0 aromatic carbocycles. The van der Waals surface area contributed by atoms with Gasteiger partial charge in [0.25, 0.3) is 6.47 Å². The van der Waals surface area contributed by atoms with E-state index in [0.717, 1.165) is 20.8 Å². The van der Waals surface area contributed by atoms with Crippen LogP contribution in [0.2, 0.25) is 0 Å². The molecule has 23 heavy (non-hydrogen) atoms. The molecule has 0 spiro atoms. The van der Waals surface area contributed by atoms with Gasteiger partial charge in [0.05, 0.1) is 0 Å². The zero-order valence-electron chi connectivity index (χ0n) is 12.7. The maximum atomic E-state index is 14.3. The number of ether oxygens (including phenoxy) is 5. The van der Waals surface area contributed by atoms with E-state index < -0.39 is 55.3 Å². The molecule has 0 radical (unpaired) electrons. The van der Waals surface area contributed by atoms with Gasteiger partial charge in [-0.3, -0.25) is 19.2 Å². The molecule has 0 aromatic rings. The van der Waals surface area contributed by atoms with Crippen LogP contribution < -0.4 is 0 Å². The van der Waals surface area contributed by atoms with Gasteiger partial charge in [0.15, 0.2) is 12.2 Å². The summed E-state index contributed by atoms with van der Waals surface area (Å²) in [5, 5.41) is 0. The molecule has 1 fully saturated rings. The van der Waals surface area contributed by atoms with Crippen molar-refractivity contribution >= 4 is 24.4 Å². The van der Waals surface area contributed by atoms with Crippen molar-refractivity contribution < 1.29 is 47.3 Å². The second-order valence-electron chi connectivity index (χ2n) is 4.67. The quantitative estimate of drug-likeness (QED) is 0.364. The van der Waals surface area contributed by atoms with Gasteiger partial charge < -0.3 is 23.7 Å². The fourth-order valence-electron chi connectivity index (χ4n) is 2.03. The second kappa shape index (κ2) is 8.42. The minimum absolute atomic E-state index is 0.0445. The molecule has 0 bridgehead atoms. The average Bonchev–Trinajstić information content (AvgIpc) is 2.43. The monoisotopic (exact) mass is 336 g/mol. The highest BCUT2D eigenvalue weighted by Crippen LogP contribution is 2.29. The molecule has 1 rings (SSSR count). The predicted octanol–water partition coefficient (Wildman–Crippen LogP) is -0.351. The number of rotatable bonds is 6. The first kappa shape index (κ1) is 18.8. The molecule has 10 heteroatoms. The first-order chi connectivity index (χ1) is 10.8. The highest BCUT2D eigenvalue weighted by atomic mass is 19.1. The van der Waals surface area contributed by atoms with Crippen LogP contribution in [-0.2, 0) is 42.9 Å². The normalized spacial score (nSPS) is 30.0. The van der Waals surface area contributed by atoms with Crippen LogP contribution in [0.5, 0.6) is 0 Å². The number of hydrogen-bond acceptors (Lipinski definition) is 9. The second-order valence-corrected chi connectivity index (χ2v) is 4.67. The topological polar surface area (TPSA) is 114 Å². The molecule has 0 saturated carbocycles. The first-order valence-electron chi connectivity index (χ1n) is 6.62. The Bertz CT molecular complexity index is 466. The third kappa shape index (κ3) is 5.47. The van der Waals surface area contributed by atoms with Crippen LogP contribution in [0, 0.1) is 0 Å². The Labute approximate surface area is 130 Å². The number of alkyl halides is 1. The number of hydrogen-bond donors (Lipinski definition) is 0. The Kier molecular flexibility index (Phi) is 6.89. The van der Waals surface area contributed by atoms with Gasteiger partial charge in [-0.2, -0.15) is 0 Å². The van der Waals surface area contributed by atoms with E-state index in [2.05, 4.69) is 4.74 Å².